The number of anilines is 1. The largest absolute Gasteiger partial charge is 0.306 e. The van der Waals surface area contributed by atoms with Crippen LogP contribution in [-0.2, 0) is 23.6 Å². The van der Waals surface area contributed by atoms with E-state index < -0.39 is 10.0 Å². The molecule has 3 heterocycles. The van der Waals surface area contributed by atoms with Crippen molar-refractivity contribution in [2.45, 2.75) is 11.6 Å². The van der Waals surface area contributed by atoms with Gasteiger partial charge in [0.2, 0.25) is 5.03 Å². The molecule has 0 unspecified atom stereocenters. The highest BCUT2D eigenvalue weighted by Gasteiger charge is 2.25. The Bertz CT molecular complexity index is 876. The van der Waals surface area contributed by atoms with E-state index >= 15 is 0 Å². The van der Waals surface area contributed by atoms with Crippen molar-refractivity contribution in [2.75, 3.05) is 5.43 Å². The van der Waals surface area contributed by atoms with Crippen molar-refractivity contribution in [1.82, 2.24) is 23.9 Å². The fraction of sp³-hybridized carbons (Fsp3) is 0.200. The van der Waals surface area contributed by atoms with E-state index in [2.05, 4.69) is 20.2 Å². The molecule has 112 valence electrons. The number of rotatable bonds is 5. The summed E-state index contributed by atoms with van der Waals surface area (Å²) in [5, 5.41) is 5.73. The van der Waals surface area contributed by atoms with Crippen LogP contribution >= 0.6 is 11.3 Å². The number of aryl methyl sites for hydroxylation is 1. The Morgan fingerprint density at radius 1 is 1.48 bits per heavy atom. The Morgan fingerprint density at radius 3 is 2.95 bits per heavy atom. The molecule has 3 aromatic rings. The van der Waals surface area contributed by atoms with Crippen molar-refractivity contribution in [3.05, 3.63) is 29.5 Å². The fourth-order valence-electron chi connectivity index (χ4n) is 1.93. The molecule has 0 aromatic carbocycles. The third-order valence-electron chi connectivity index (χ3n) is 2.83. The Labute approximate surface area is 124 Å². The molecule has 0 spiro atoms. The maximum Gasteiger partial charge on any atom is 0.260 e. The van der Waals surface area contributed by atoms with Crippen LogP contribution in [0.2, 0.25) is 0 Å². The predicted molar refractivity (Wildman–Crippen MR) is 78.1 cm³/mol. The van der Waals surface area contributed by atoms with E-state index in [-0.39, 0.29) is 17.4 Å². The van der Waals surface area contributed by atoms with Gasteiger partial charge in [0.05, 0.1) is 6.20 Å². The SMILES string of the molecule is Cn1cc(CNS(=O)(=O)c2c(NN)nc3sccn23)cn1. The van der Waals surface area contributed by atoms with Crippen molar-refractivity contribution < 1.29 is 8.42 Å². The summed E-state index contributed by atoms with van der Waals surface area (Å²) in [6.45, 7) is 0.136. The van der Waals surface area contributed by atoms with E-state index in [0.717, 1.165) is 5.56 Å². The summed E-state index contributed by atoms with van der Waals surface area (Å²) < 4.78 is 30.5. The topological polar surface area (TPSA) is 119 Å². The van der Waals surface area contributed by atoms with Crippen LogP contribution in [0.5, 0.6) is 0 Å². The first-order chi connectivity index (χ1) is 10.0. The van der Waals surface area contributed by atoms with Gasteiger partial charge in [0.15, 0.2) is 10.8 Å². The highest BCUT2D eigenvalue weighted by molar-refractivity contribution is 7.89. The normalized spacial score (nSPS) is 12.1. The Morgan fingerprint density at radius 2 is 2.29 bits per heavy atom. The summed E-state index contributed by atoms with van der Waals surface area (Å²) >= 11 is 1.32. The number of aromatic nitrogens is 4. The lowest BCUT2D eigenvalue weighted by Gasteiger charge is -2.06. The summed E-state index contributed by atoms with van der Waals surface area (Å²) in [6.07, 6.45) is 4.97. The second-order valence-electron chi connectivity index (χ2n) is 4.31. The molecule has 0 aliphatic rings. The zero-order valence-corrected chi connectivity index (χ0v) is 12.6. The Hall–Kier alpha value is -1.95. The molecule has 0 aliphatic heterocycles. The zero-order valence-electron chi connectivity index (χ0n) is 11.0. The highest BCUT2D eigenvalue weighted by atomic mass is 32.2. The van der Waals surface area contributed by atoms with Gasteiger partial charge < -0.3 is 5.43 Å². The number of thiazole rings is 1. The molecule has 0 saturated heterocycles. The van der Waals surface area contributed by atoms with Crippen molar-refractivity contribution in [1.29, 1.82) is 0 Å². The van der Waals surface area contributed by atoms with Crippen molar-refractivity contribution in [2.24, 2.45) is 12.9 Å². The summed E-state index contributed by atoms with van der Waals surface area (Å²) in [7, 11) is -2.00. The monoisotopic (exact) mass is 327 g/mol. The van der Waals surface area contributed by atoms with Gasteiger partial charge in [0.25, 0.3) is 10.0 Å². The van der Waals surface area contributed by atoms with Gasteiger partial charge in [0.1, 0.15) is 0 Å². The standard InChI is InChI=1S/C10H13N7O2S2/c1-16-6-7(4-12-16)5-13-21(18,19)9-8(15-11)14-10-17(9)2-3-20-10/h2-4,6,13,15H,5,11H2,1H3. The number of hydrazine groups is 1. The molecule has 3 aromatic heterocycles. The molecular formula is C10H13N7O2S2. The van der Waals surface area contributed by atoms with Crippen LogP contribution in [0.3, 0.4) is 0 Å². The molecule has 0 atom stereocenters. The number of hydrogen-bond acceptors (Lipinski definition) is 7. The van der Waals surface area contributed by atoms with E-state index in [1.54, 1.807) is 35.7 Å². The van der Waals surface area contributed by atoms with Gasteiger partial charge in [0, 0.05) is 36.9 Å². The minimum absolute atomic E-state index is 0.00913. The fourth-order valence-corrected chi connectivity index (χ4v) is 3.96. The van der Waals surface area contributed by atoms with Crippen LogP contribution < -0.4 is 16.0 Å². The number of nitrogen functional groups attached to an aromatic ring is 1. The second-order valence-corrected chi connectivity index (χ2v) is 6.87. The van der Waals surface area contributed by atoms with Crippen molar-refractivity contribution >= 4 is 32.1 Å². The molecule has 0 bridgehead atoms. The summed E-state index contributed by atoms with van der Waals surface area (Å²) in [6, 6.07) is 0. The average Bonchev–Trinajstić information content (AvgIpc) is 3.10. The van der Waals surface area contributed by atoms with Crippen LogP contribution in [0.15, 0.2) is 29.0 Å². The first kappa shape index (κ1) is 14.0. The predicted octanol–water partition coefficient (Wildman–Crippen LogP) is -0.107. The quantitative estimate of drug-likeness (QED) is 0.444. The number of sulfonamides is 1. The Balaban J connectivity index is 1.94. The van der Waals surface area contributed by atoms with E-state index in [9.17, 15) is 8.42 Å². The van der Waals surface area contributed by atoms with Gasteiger partial charge in [-0.05, 0) is 0 Å². The van der Waals surface area contributed by atoms with E-state index in [4.69, 9.17) is 5.84 Å². The number of nitrogens with one attached hydrogen (secondary N) is 2. The molecule has 0 amide bonds. The number of nitrogens with zero attached hydrogens (tertiary/aromatic N) is 4. The highest BCUT2D eigenvalue weighted by Crippen LogP contribution is 2.24. The molecule has 0 radical (unpaired) electrons. The lowest BCUT2D eigenvalue weighted by atomic mass is 10.4. The van der Waals surface area contributed by atoms with Crippen LogP contribution in [0.25, 0.3) is 4.96 Å². The van der Waals surface area contributed by atoms with Crippen LogP contribution in [0.1, 0.15) is 5.56 Å². The molecule has 0 saturated carbocycles. The van der Waals surface area contributed by atoms with Crippen molar-refractivity contribution in [3.63, 3.8) is 0 Å². The molecule has 0 fully saturated rings. The first-order valence-corrected chi connectivity index (χ1v) is 8.27. The summed E-state index contributed by atoms with van der Waals surface area (Å²) in [4.78, 5) is 4.67. The maximum atomic E-state index is 12.5. The van der Waals surface area contributed by atoms with Gasteiger partial charge >= 0.3 is 0 Å². The van der Waals surface area contributed by atoms with E-state index in [0.29, 0.717) is 4.96 Å². The minimum atomic E-state index is -3.77. The molecule has 9 nitrogen and oxygen atoms in total. The van der Waals surface area contributed by atoms with E-state index in [1.165, 1.54) is 15.7 Å². The Kier molecular flexibility index (Phi) is 3.41. The number of imidazole rings is 1. The first-order valence-electron chi connectivity index (χ1n) is 5.90. The van der Waals surface area contributed by atoms with Gasteiger partial charge in [-0.1, -0.05) is 0 Å². The summed E-state index contributed by atoms with van der Waals surface area (Å²) in [5.41, 5.74) is 3.08. The third-order valence-corrected chi connectivity index (χ3v) is 5.01. The van der Waals surface area contributed by atoms with Gasteiger partial charge in [-0.25, -0.2) is 19.0 Å². The van der Waals surface area contributed by atoms with Gasteiger partial charge in [-0.3, -0.25) is 9.08 Å². The molecule has 4 N–H and O–H groups in total. The smallest absolute Gasteiger partial charge is 0.260 e. The van der Waals surface area contributed by atoms with Gasteiger partial charge in [-0.15, -0.1) is 11.3 Å². The average molecular weight is 327 g/mol. The molecular weight excluding hydrogens is 314 g/mol. The van der Waals surface area contributed by atoms with Gasteiger partial charge in [-0.2, -0.15) is 10.1 Å². The summed E-state index contributed by atoms with van der Waals surface area (Å²) in [5.74, 6) is 5.47. The molecule has 3 rings (SSSR count). The number of nitrogens with two attached hydrogens (primary N) is 1. The molecule has 11 heteroatoms. The molecule has 0 aliphatic carbocycles. The number of hydrogen-bond donors (Lipinski definition) is 3. The number of fused-ring (bicyclic) bond motifs is 1. The lowest BCUT2D eigenvalue weighted by molar-refractivity contribution is 0.577. The minimum Gasteiger partial charge on any atom is -0.306 e. The lowest BCUT2D eigenvalue weighted by Crippen LogP contribution is -2.26. The molecule has 21 heavy (non-hydrogen) atoms. The van der Waals surface area contributed by atoms with Crippen LogP contribution in [-0.4, -0.2) is 27.6 Å². The maximum absolute atomic E-state index is 12.5. The van der Waals surface area contributed by atoms with Crippen LogP contribution in [0.4, 0.5) is 5.82 Å². The van der Waals surface area contributed by atoms with Crippen LogP contribution in [0, 0.1) is 0 Å². The van der Waals surface area contributed by atoms with E-state index in [1.807, 2.05) is 0 Å². The zero-order chi connectivity index (χ0) is 15.0. The van der Waals surface area contributed by atoms with Crippen molar-refractivity contribution in [3.8, 4) is 0 Å². The third kappa shape index (κ3) is 2.51. The second kappa shape index (κ2) is 5.11.